The molecule has 1 atom stereocenters. The molecular formula is C16H25N5O2S. The van der Waals surface area contributed by atoms with E-state index < -0.39 is 0 Å². The Morgan fingerprint density at radius 2 is 1.75 bits per heavy atom. The summed E-state index contributed by atoms with van der Waals surface area (Å²) >= 11 is 1.38. The third-order valence-electron chi connectivity index (χ3n) is 4.21. The van der Waals surface area contributed by atoms with Crippen LogP contribution in [0.25, 0.3) is 0 Å². The van der Waals surface area contributed by atoms with E-state index in [2.05, 4.69) is 52.5 Å². The molecule has 132 valence electrons. The second kappa shape index (κ2) is 7.57. The number of ether oxygens (including phenoxy) is 1. The van der Waals surface area contributed by atoms with Crippen LogP contribution in [-0.2, 0) is 4.74 Å². The summed E-state index contributed by atoms with van der Waals surface area (Å²) in [6, 6.07) is -0.0538. The Hall–Kier alpha value is -1.54. The minimum Gasteiger partial charge on any atom is -0.381 e. The normalized spacial score (nSPS) is 17.6. The predicted molar refractivity (Wildman–Crippen MR) is 92.3 cm³/mol. The first-order chi connectivity index (χ1) is 11.5. The quantitative estimate of drug-likeness (QED) is 0.848. The molecule has 0 amide bonds. The van der Waals surface area contributed by atoms with Crippen LogP contribution < -0.4 is 5.32 Å². The Bertz CT molecular complexity index is 648. The lowest BCUT2D eigenvalue weighted by Gasteiger charge is -2.28. The van der Waals surface area contributed by atoms with Gasteiger partial charge in [0.1, 0.15) is 11.9 Å². The molecule has 24 heavy (non-hydrogen) atoms. The number of rotatable bonds is 6. The number of nitrogens with zero attached hydrogens (tertiary/aromatic N) is 4. The SMILES string of the molecule is CC(C)c1noc([C@H](Nc2nc(C(C)C)ns2)C2CCOCC2)n1. The first kappa shape index (κ1) is 17.3. The highest BCUT2D eigenvalue weighted by atomic mass is 32.1. The van der Waals surface area contributed by atoms with Crippen molar-refractivity contribution in [2.75, 3.05) is 18.5 Å². The van der Waals surface area contributed by atoms with Crippen molar-refractivity contribution in [3.8, 4) is 0 Å². The van der Waals surface area contributed by atoms with Gasteiger partial charge in [-0.15, -0.1) is 0 Å². The van der Waals surface area contributed by atoms with Gasteiger partial charge in [0.2, 0.25) is 11.0 Å². The molecule has 0 aliphatic carbocycles. The Morgan fingerprint density at radius 1 is 1.04 bits per heavy atom. The Labute approximate surface area is 146 Å². The van der Waals surface area contributed by atoms with Gasteiger partial charge in [-0.3, -0.25) is 0 Å². The van der Waals surface area contributed by atoms with Crippen LogP contribution >= 0.6 is 11.5 Å². The molecule has 1 saturated heterocycles. The molecule has 0 saturated carbocycles. The second-order valence-electron chi connectivity index (χ2n) is 6.83. The smallest absolute Gasteiger partial charge is 0.249 e. The zero-order chi connectivity index (χ0) is 17.1. The van der Waals surface area contributed by atoms with Crippen LogP contribution in [0.4, 0.5) is 5.13 Å². The first-order valence-corrected chi connectivity index (χ1v) is 9.33. The molecule has 0 bridgehead atoms. The maximum atomic E-state index is 5.56. The second-order valence-corrected chi connectivity index (χ2v) is 7.58. The van der Waals surface area contributed by atoms with Crippen LogP contribution in [0.1, 0.15) is 76.0 Å². The predicted octanol–water partition coefficient (Wildman–Crippen LogP) is 3.75. The average molecular weight is 351 g/mol. The van der Waals surface area contributed by atoms with Crippen molar-refractivity contribution >= 4 is 16.7 Å². The van der Waals surface area contributed by atoms with Gasteiger partial charge in [-0.1, -0.05) is 32.9 Å². The molecule has 0 radical (unpaired) electrons. The molecule has 2 aromatic rings. The minimum atomic E-state index is -0.0538. The molecule has 1 fully saturated rings. The lowest BCUT2D eigenvalue weighted by atomic mass is 9.91. The Morgan fingerprint density at radius 3 is 2.33 bits per heavy atom. The van der Waals surface area contributed by atoms with Gasteiger partial charge in [0.05, 0.1) is 0 Å². The van der Waals surface area contributed by atoms with Gasteiger partial charge in [0, 0.05) is 36.6 Å². The van der Waals surface area contributed by atoms with Crippen LogP contribution in [0.3, 0.4) is 0 Å². The molecule has 1 N–H and O–H groups in total. The van der Waals surface area contributed by atoms with Crippen molar-refractivity contribution < 1.29 is 9.26 Å². The largest absolute Gasteiger partial charge is 0.381 e. The number of hydrogen-bond donors (Lipinski definition) is 1. The fourth-order valence-electron chi connectivity index (χ4n) is 2.70. The van der Waals surface area contributed by atoms with Crippen molar-refractivity contribution in [2.24, 2.45) is 5.92 Å². The van der Waals surface area contributed by atoms with Crippen molar-refractivity contribution in [1.29, 1.82) is 0 Å². The fraction of sp³-hybridized carbons (Fsp3) is 0.750. The van der Waals surface area contributed by atoms with Gasteiger partial charge < -0.3 is 14.6 Å². The lowest BCUT2D eigenvalue weighted by molar-refractivity contribution is 0.0571. The zero-order valence-corrected chi connectivity index (χ0v) is 15.5. The van der Waals surface area contributed by atoms with E-state index in [1.165, 1.54) is 11.5 Å². The zero-order valence-electron chi connectivity index (χ0n) is 14.7. The van der Waals surface area contributed by atoms with Crippen molar-refractivity contribution in [3.63, 3.8) is 0 Å². The lowest BCUT2D eigenvalue weighted by Crippen LogP contribution is -2.27. The molecule has 2 aromatic heterocycles. The Balaban J connectivity index is 1.82. The summed E-state index contributed by atoms with van der Waals surface area (Å²) in [5, 5.41) is 8.41. The van der Waals surface area contributed by atoms with Crippen molar-refractivity contribution in [1.82, 2.24) is 19.5 Å². The Kier molecular flexibility index (Phi) is 5.45. The van der Waals surface area contributed by atoms with Gasteiger partial charge in [-0.2, -0.15) is 9.36 Å². The number of nitrogens with one attached hydrogen (secondary N) is 1. The van der Waals surface area contributed by atoms with Gasteiger partial charge in [0.25, 0.3) is 0 Å². The maximum Gasteiger partial charge on any atom is 0.249 e. The van der Waals surface area contributed by atoms with Crippen molar-refractivity contribution in [3.05, 3.63) is 17.5 Å². The van der Waals surface area contributed by atoms with E-state index >= 15 is 0 Å². The molecule has 0 spiro atoms. The summed E-state index contributed by atoms with van der Waals surface area (Å²) in [6.45, 7) is 9.84. The van der Waals surface area contributed by atoms with Crippen molar-refractivity contribution in [2.45, 2.75) is 58.4 Å². The first-order valence-electron chi connectivity index (χ1n) is 8.56. The molecule has 1 aliphatic heterocycles. The monoisotopic (exact) mass is 351 g/mol. The van der Waals surface area contributed by atoms with E-state index in [1.807, 2.05) is 0 Å². The molecule has 3 rings (SSSR count). The fourth-order valence-corrected chi connectivity index (χ4v) is 3.45. The van der Waals surface area contributed by atoms with E-state index in [0.29, 0.717) is 17.7 Å². The minimum absolute atomic E-state index is 0.0538. The highest BCUT2D eigenvalue weighted by Gasteiger charge is 2.31. The topological polar surface area (TPSA) is 86.0 Å². The van der Waals surface area contributed by atoms with E-state index in [4.69, 9.17) is 9.26 Å². The van der Waals surface area contributed by atoms with E-state index in [0.717, 1.165) is 42.8 Å². The van der Waals surface area contributed by atoms with E-state index in [1.54, 1.807) is 0 Å². The van der Waals surface area contributed by atoms with Gasteiger partial charge in [0.15, 0.2) is 5.82 Å². The molecule has 7 nitrogen and oxygen atoms in total. The summed E-state index contributed by atoms with van der Waals surface area (Å²) in [7, 11) is 0. The number of hydrogen-bond acceptors (Lipinski definition) is 8. The summed E-state index contributed by atoms with van der Waals surface area (Å²) in [6.07, 6.45) is 1.93. The highest BCUT2D eigenvalue weighted by Crippen LogP contribution is 2.33. The van der Waals surface area contributed by atoms with Crippen LogP contribution in [0.2, 0.25) is 0 Å². The van der Waals surface area contributed by atoms with Crippen LogP contribution in [-0.4, -0.2) is 32.7 Å². The van der Waals surface area contributed by atoms with Gasteiger partial charge in [-0.25, -0.2) is 4.98 Å². The van der Waals surface area contributed by atoms with Crippen LogP contribution in [0, 0.1) is 5.92 Å². The third kappa shape index (κ3) is 3.92. The third-order valence-corrected chi connectivity index (χ3v) is 4.87. The molecule has 8 heteroatoms. The molecule has 0 unspecified atom stereocenters. The molecule has 0 aromatic carbocycles. The van der Waals surface area contributed by atoms with Gasteiger partial charge >= 0.3 is 0 Å². The number of aromatic nitrogens is 4. The molecule has 3 heterocycles. The standard InChI is InChI=1S/C16H25N5O2S/c1-9(2)13-18-15(23-20-13)12(11-5-7-22-8-6-11)17-16-19-14(10(3)4)21-24-16/h9-12H,5-8H2,1-4H3,(H,17,19,21)/t12-/m1/s1. The summed E-state index contributed by atoms with van der Waals surface area (Å²) in [5.41, 5.74) is 0. The van der Waals surface area contributed by atoms with Gasteiger partial charge in [-0.05, 0) is 18.8 Å². The van der Waals surface area contributed by atoms with E-state index in [-0.39, 0.29) is 12.0 Å². The summed E-state index contributed by atoms with van der Waals surface area (Å²) in [4.78, 5) is 9.19. The summed E-state index contributed by atoms with van der Waals surface area (Å²) < 4.78 is 15.5. The summed E-state index contributed by atoms with van der Waals surface area (Å²) in [5.74, 6) is 3.17. The molecule has 1 aliphatic rings. The average Bonchev–Trinajstić information content (AvgIpc) is 3.23. The van der Waals surface area contributed by atoms with Crippen LogP contribution in [0.5, 0.6) is 0 Å². The number of anilines is 1. The maximum absolute atomic E-state index is 5.56. The van der Waals surface area contributed by atoms with Crippen LogP contribution in [0.15, 0.2) is 4.52 Å². The van der Waals surface area contributed by atoms with E-state index in [9.17, 15) is 0 Å². The molecular weight excluding hydrogens is 326 g/mol. The highest BCUT2D eigenvalue weighted by molar-refractivity contribution is 7.09.